The van der Waals surface area contributed by atoms with Gasteiger partial charge in [0.15, 0.2) is 11.7 Å². The molecular weight excluding hydrogens is 262 g/mol. The van der Waals surface area contributed by atoms with Crippen LogP contribution in [-0.4, -0.2) is 45.2 Å². The van der Waals surface area contributed by atoms with Crippen molar-refractivity contribution in [2.75, 3.05) is 32.2 Å². The number of ether oxygens (including phenoxy) is 2. The molecule has 7 heteroatoms. The Bertz CT molecular complexity index is 490. The number of hydrogen-bond acceptors (Lipinski definition) is 6. The molecule has 110 valence electrons. The predicted molar refractivity (Wildman–Crippen MR) is 73.7 cm³/mol. The normalized spacial score (nSPS) is 17.6. The zero-order valence-electron chi connectivity index (χ0n) is 11.9. The Kier molecular flexibility index (Phi) is 4.41. The van der Waals surface area contributed by atoms with E-state index in [1.54, 1.807) is 13.0 Å². The molecule has 0 bridgehead atoms. The summed E-state index contributed by atoms with van der Waals surface area (Å²) in [5, 5.41) is 3.84. The number of rotatable bonds is 5. The Hall–Kier alpha value is -1.86. The quantitative estimate of drug-likeness (QED) is 0.642. The van der Waals surface area contributed by atoms with Gasteiger partial charge < -0.3 is 18.8 Å². The van der Waals surface area contributed by atoms with Gasteiger partial charge in [0.25, 0.3) is 0 Å². The zero-order chi connectivity index (χ0) is 14.6. The van der Waals surface area contributed by atoms with Crippen LogP contribution in [0.2, 0.25) is 0 Å². The van der Waals surface area contributed by atoms with Gasteiger partial charge in [0, 0.05) is 20.2 Å². The number of anilines is 1. The molecule has 0 atom stereocenters. The van der Waals surface area contributed by atoms with Gasteiger partial charge in [0.1, 0.15) is 5.76 Å². The maximum atomic E-state index is 11.7. The van der Waals surface area contributed by atoms with Gasteiger partial charge in [-0.05, 0) is 13.0 Å². The average Bonchev–Trinajstić information content (AvgIpc) is 2.98. The molecule has 20 heavy (non-hydrogen) atoms. The highest BCUT2D eigenvalue weighted by Gasteiger charge is 2.33. The summed E-state index contributed by atoms with van der Waals surface area (Å²) < 4.78 is 16.1. The number of nitrogens with one attached hydrogen (secondary N) is 1. The molecule has 1 aliphatic heterocycles. The Morgan fingerprint density at radius 3 is 2.75 bits per heavy atom. The molecule has 7 nitrogen and oxygen atoms in total. The zero-order valence-corrected chi connectivity index (χ0v) is 11.9. The third kappa shape index (κ3) is 3.82. The van der Waals surface area contributed by atoms with Gasteiger partial charge >= 0.3 is 0 Å². The first-order valence-electron chi connectivity index (χ1n) is 6.35. The predicted octanol–water partition coefficient (Wildman–Crippen LogP) is 0.949. The molecule has 1 aromatic heterocycles. The van der Waals surface area contributed by atoms with E-state index in [4.69, 9.17) is 13.9 Å². The molecule has 1 fully saturated rings. The topological polar surface area (TPSA) is 76.3 Å². The number of hydrogen-bond donors (Lipinski definition) is 1. The molecule has 2 heterocycles. The fourth-order valence-electron chi connectivity index (χ4n) is 1.81. The van der Waals surface area contributed by atoms with Gasteiger partial charge in [-0.2, -0.15) is 5.10 Å². The third-order valence-electron chi connectivity index (χ3n) is 2.81. The van der Waals surface area contributed by atoms with Crippen LogP contribution in [0.5, 0.6) is 0 Å². The van der Waals surface area contributed by atoms with E-state index in [9.17, 15) is 4.79 Å². The van der Waals surface area contributed by atoms with Crippen LogP contribution in [0.25, 0.3) is 0 Å². The standard InChI is InChI=1S/C13H19N3O4/c1-13(18-6-7-19-13)8-11(17)15-14-9-10-4-5-12(20-10)16(2)3/h4-5,9H,6-8H2,1-3H3,(H,15,17)/b14-9-. The molecular formula is C13H19N3O4. The van der Waals surface area contributed by atoms with Gasteiger partial charge in [-0.25, -0.2) is 5.43 Å². The molecule has 0 aromatic carbocycles. The number of hydrazone groups is 1. The Morgan fingerprint density at radius 2 is 2.15 bits per heavy atom. The van der Waals surface area contributed by atoms with Crippen molar-refractivity contribution in [3.05, 3.63) is 17.9 Å². The molecule has 0 aliphatic carbocycles. The fraction of sp³-hybridized carbons (Fsp3) is 0.538. The molecule has 0 spiro atoms. The molecule has 0 saturated carbocycles. The maximum Gasteiger partial charge on any atom is 0.245 e. The lowest BCUT2D eigenvalue weighted by Gasteiger charge is -2.20. The smallest absolute Gasteiger partial charge is 0.245 e. The van der Waals surface area contributed by atoms with E-state index in [0.717, 1.165) is 5.88 Å². The summed E-state index contributed by atoms with van der Waals surface area (Å²) in [5.41, 5.74) is 2.42. The minimum absolute atomic E-state index is 0.103. The van der Waals surface area contributed by atoms with Gasteiger partial charge in [0.05, 0.1) is 25.8 Å². The van der Waals surface area contributed by atoms with E-state index < -0.39 is 5.79 Å². The summed E-state index contributed by atoms with van der Waals surface area (Å²) in [5.74, 6) is 0.166. The van der Waals surface area contributed by atoms with Crippen LogP contribution in [-0.2, 0) is 14.3 Å². The summed E-state index contributed by atoms with van der Waals surface area (Å²) in [6.45, 7) is 2.75. The number of carbonyl (C=O) groups excluding carboxylic acids is 1. The van der Waals surface area contributed by atoms with E-state index in [0.29, 0.717) is 19.0 Å². The second-order valence-electron chi connectivity index (χ2n) is 4.87. The van der Waals surface area contributed by atoms with Crippen molar-refractivity contribution < 1.29 is 18.7 Å². The molecule has 1 aliphatic rings. The maximum absolute atomic E-state index is 11.7. The Labute approximate surface area is 117 Å². The lowest BCUT2D eigenvalue weighted by Crippen LogP contribution is -2.33. The van der Waals surface area contributed by atoms with Gasteiger partial charge in [-0.3, -0.25) is 4.79 Å². The van der Waals surface area contributed by atoms with Crippen LogP contribution in [0.15, 0.2) is 21.7 Å². The van der Waals surface area contributed by atoms with Crippen LogP contribution in [0.4, 0.5) is 5.88 Å². The Morgan fingerprint density at radius 1 is 1.45 bits per heavy atom. The fourth-order valence-corrected chi connectivity index (χ4v) is 1.81. The van der Waals surface area contributed by atoms with Crippen molar-refractivity contribution in [1.82, 2.24) is 5.43 Å². The first-order valence-corrected chi connectivity index (χ1v) is 6.35. The third-order valence-corrected chi connectivity index (χ3v) is 2.81. The highest BCUT2D eigenvalue weighted by molar-refractivity contribution is 5.81. The molecule has 0 radical (unpaired) electrons. The summed E-state index contributed by atoms with van der Waals surface area (Å²) in [7, 11) is 3.76. The second kappa shape index (κ2) is 6.06. The molecule has 1 amide bonds. The van der Waals surface area contributed by atoms with Crippen molar-refractivity contribution in [1.29, 1.82) is 0 Å². The van der Waals surface area contributed by atoms with Gasteiger partial charge in [0.2, 0.25) is 5.91 Å². The lowest BCUT2D eigenvalue weighted by molar-refractivity contribution is -0.159. The first-order chi connectivity index (χ1) is 9.48. The highest BCUT2D eigenvalue weighted by atomic mass is 16.7. The highest BCUT2D eigenvalue weighted by Crippen LogP contribution is 2.22. The monoisotopic (exact) mass is 281 g/mol. The van der Waals surface area contributed by atoms with Crippen LogP contribution in [0.3, 0.4) is 0 Å². The van der Waals surface area contributed by atoms with Crippen LogP contribution >= 0.6 is 0 Å². The first kappa shape index (κ1) is 14.5. The van der Waals surface area contributed by atoms with E-state index in [1.165, 1.54) is 6.21 Å². The minimum Gasteiger partial charge on any atom is -0.440 e. The Balaban J connectivity index is 1.81. The summed E-state index contributed by atoms with van der Waals surface area (Å²) in [4.78, 5) is 13.5. The number of carbonyl (C=O) groups is 1. The van der Waals surface area contributed by atoms with Gasteiger partial charge in [-0.1, -0.05) is 0 Å². The van der Waals surface area contributed by atoms with Crippen molar-refractivity contribution in [2.45, 2.75) is 19.1 Å². The van der Waals surface area contributed by atoms with E-state index in [1.807, 2.05) is 25.1 Å². The number of furan rings is 1. The SMILES string of the molecule is CN(C)c1ccc(/C=N\NC(=O)CC2(C)OCCO2)o1. The summed E-state index contributed by atoms with van der Waals surface area (Å²) in [6, 6.07) is 3.60. The van der Waals surface area contributed by atoms with Gasteiger partial charge in [-0.15, -0.1) is 0 Å². The van der Waals surface area contributed by atoms with Crippen molar-refractivity contribution >= 4 is 18.0 Å². The van der Waals surface area contributed by atoms with Crippen LogP contribution < -0.4 is 10.3 Å². The molecule has 1 N–H and O–H groups in total. The lowest BCUT2D eigenvalue weighted by atomic mass is 10.2. The average molecular weight is 281 g/mol. The van der Waals surface area contributed by atoms with E-state index in [2.05, 4.69) is 10.5 Å². The van der Waals surface area contributed by atoms with Crippen molar-refractivity contribution in [3.8, 4) is 0 Å². The van der Waals surface area contributed by atoms with E-state index in [-0.39, 0.29) is 12.3 Å². The van der Waals surface area contributed by atoms with Crippen LogP contribution in [0, 0.1) is 0 Å². The van der Waals surface area contributed by atoms with Crippen molar-refractivity contribution in [3.63, 3.8) is 0 Å². The van der Waals surface area contributed by atoms with E-state index >= 15 is 0 Å². The number of amides is 1. The minimum atomic E-state index is -0.845. The molecule has 1 saturated heterocycles. The van der Waals surface area contributed by atoms with Crippen LogP contribution in [0.1, 0.15) is 19.1 Å². The second-order valence-corrected chi connectivity index (χ2v) is 4.87. The summed E-state index contributed by atoms with van der Waals surface area (Å²) >= 11 is 0. The molecule has 1 aromatic rings. The van der Waals surface area contributed by atoms with Crippen molar-refractivity contribution in [2.24, 2.45) is 5.10 Å². The largest absolute Gasteiger partial charge is 0.440 e. The molecule has 0 unspecified atom stereocenters. The molecule has 2 rings (SSSR count). The number of nitrogens with zero attached hydrogens (tertiary/aromatic N) is 2. The summed E-state index contributed by atoms with van der Waals surface area (Å²) in [6.07, 6.45) is 1.55.